The third-order valence-electron chi connectivity index (χ3n) is 4.28. The van der Waals surface area contributed by atoms with E-state index in [0.717, 1.165) is 16.8 Å². The highest BCUT2D eigenvalue weighted by molar-refractivity contribution is 7.80. The van der Waals surface area contributed by atoms with Crippen LogP contribution in [0.15, 0.2) is 36.4 Å². The summed E-state index contributed by atoms with van der Waals surface area (Å²) < 4.78 is 34.3. The SMILES string of the molecule is COc1cc2c(cc1OC)N(Cc1ccc(NS(=O)[O-])cc1)C(=O)CC2. The third-order valence-corrected chi connectivity index (χ3v) is 4.68. The predicted octanol–water partition coefficient (Wildman–Crippen LogP) is 2.39. The first-order valence-corrected chi connectivity index (χ1v) is 9.09. The van der Waals surface area contributed by atoms with Crippen molar-refractivity contribution in [3.63, 3.8) is 0 Å². The fraction of sp³-hybridized carbons (Fsp3) is 0.278. The lowest BCUT2D eigenvalue weighted by Crippen LogP contribution is -2.34. The van der Waals surface area contributed by atoms with Crippen molar-refractivity contribution in [2.24, 2.45) is 0 Å². The highest BCUT2D eigenvalue weighted by Crippen LogP contribution is 2.38. The number of carbonyl (C=O) groups excluding carboxylic acids is 1. The molecule has 0 fully saturated rings. The first-order chi connectivity index (χ1) is 12.5. The molecule has 1 atom stereocenters. The average Bonchev–Trinajstić information content (AvgIpc) is 2.64. The molecular formula is C18H19N2O5S-. The van der Waals surface area contributed by atoms with Crippen molar-refractivity contribution in [3.05, 3.63) is 47.5 Å². The van der Waals surface area contributed by atoms with Crippen LogP contribution in [-0.2, 0) is 29.0 Å². The summed E-state index contributed by atoms with van der Waals surface area (Å²) in [6.45, 7) is 0.391. The summed E-state index contributed by atoms with van der Waals surface area (Å²) in [5, 5.41) is 0. The zero-order valence-corrected chi connectivity index (χ0v) is 15.3. The number of aryl methyl sites for hydroxylation is 1. The Labute approximate surface area is 154 Å². The van der Waals surface area contributed by atoms with Crippen molar-refractivity contribution in [3.8, 4) is 11.5 Å². The second kappa shape index (κ2) is 7.76. The van der Waals surface area contributed by atoms with Crippen LogP contribution in [-0.4, -0.2) is 28.9 Å². The normalized spacial score (nSPS) is 14.6. The molecule has 0 saturated carbocycles. The molecule has 138 valence electrons. The van der Waals surface area contributed by atoms with Gasteiger partial charge < -0.3 is 23.6 Å². The average molecular weight is 375 g/mol. The van der Waals surface area contributed by atoms with Crippen LogP contribution in [0.25, 0.3) is 0 Å². The molecule has 1 heterocycles. The van der Waals surface area contributed by atoms with E-state index in [2.05, 4.69) is 4.72 Å². The number of hydrogen-bond acceptors (Lipinski definition) is 5. The number of methoxy groups -OCH3 is 2. The number of hydrogen-bond donors (Lipinski definition) is 1. The topological polar surface area (TPSA) is 90.9 Å². The number of anilines is 2. The van der Waals surface area contributed by atoms with Crippen LogP contribution in [0.2, 0.25) is 0 Å². The maximum Gasteiger partial charge on any atom is 0.227 e. The molecule has 0 bridgehead atoms. The highest BCUT2D eigenvalue weighted by Gasteiger charge is 2.26. The van der Waals surface area contributed by atoms with Crippen LogP contribution in [0.5, 0.6) is 11.5 Å². The molecule has 2 aromatic rings. The van der Waals surface area contributed by atoms with Crippen molar-refractivity contribution in [2.75, 3.05) is 23.8 Å². The van der Waals surface area contributed by atoms with Crippen molar-refractivity contribution in [2.45, 2.75) is 19.4 Å². The third kappa shape index (κ3) is 3.81. The Morgan fingerprint density at radius 2 is 1.77 bits per heavy atom. The quantitative estimate of drug-likeness (QED) is 0.783. The fourth-order valence-corrected chi connectivity index (χ4v) is 3.33. The van der Waals surface area contributed by atoms with Crippen molar-refractivity contribution in [1.82, 2.24) is 0 Å². The largest absolute Gasteiger partial charge is 0.755 e. The predicted molar refractivity (Wildman–Crippen MR) is 98.0 cm³/mol. The minimum atomic E-state index is -2.36. The molecule has 0 aromatic heterocycles. The molecule has 1 aliphatic heterocycles. The maximum absolute atomic E-state index is 12.5. The smallest absolute Gasteiger partial charge is 0.227 e. The number of carbonyl (C=O) groups is 1. The van der Waals surface area contributed by atoms with E-state index in [-0.39, 0.29) is 5.91 Å². The summed E-state index contributed by atoms with van der Waals surface area (Å²) in [4.78, 5) is 14.2. The number of fused-ring (bicyclic) bond motifs is 1. The molecule has 8 heteroatoms. The van der Waals surface area contributed by atoms with Crippen molar-refractivity contribution in [1.29, 1.82) is 0 Å². The van der Waals surface area contributed by atoms with Crippen LogP contribution in [0, 0.1) is 0 Å². The zero-order valence-electron chi connectivity index (χ0n) is 14.5. The molecule has 2 aromatic carbocycles. The summed E-state index contributed by atoms with van der Waals surface area (Å²) >= 11 is -2.36. The zero-order chi connectivity index (χ0) is 18.7. The van der Waals surface area contributed by atoms with Crippen LogP contribution >= 0.6 is 0 Å². The number of benzene rings is 2. The monoisotopic (exact) mass is 375 g/mol. The molecule has 26 heavy (non-hydrogen) atoms. The standard InChI is InChI=1S/C18H20N2O5S/c1-24-16-9-13-5-8-18(21)20(15(13)10-17(16)25-2)11-12-3-6-14(7-4-12)19-26(22)23/h3-4,6-7,9-10,19H,5,8,11H2,1-2H3,(H,22,23)/p-1. The summed E-state index contributed by atoms with van der Waals surface area (Å²) in [7, 11) is 3.14. The molecule has 1 unspecified atom stereocenters. The highest BCUT2D eigenvalue weighted by atomic mass is 32.2. The molecule has 0 aliphatic carbocycles. The lowest BCUT2D eigenvalue weighted by atomic mass is 9.99. The van der Waals surface area contributed by atoms with Gasteiger partial charge in [0.25, 0.3) is 0 Å². The van der Waals surface area contributed by atoms with Gasteiger partial charge in [-0.3, -0.25) is 9.00 Å². The van der Waals surface area contributed by atoms with Gasteiger partial charge in [-0.15, -0.1) is 0 Å². The van der Waals surface area contributed by atoms with Crippen molar-refractivity contribution >= 4 is 28.5 Å². The van der Waals surface area contributed by atoms with Gasteiger partial charge in [0, 0.05) is 29.4 Å². The van der Waals surface area contributed by atoms with Gasteiger partial charge in [-0.05, 0) is 35.7 Å². The van der Waals surface area contributed by atoms with Gasteiger partial charge in [0.1, 0.15) is 0 Å². The van der Waals surface area contributed by atoms with E-state index in [9.17, 15) is 13.6 Å². The molecule has 1 amide bonds. The Kier molecular flexibility index (Phi) is 5.43. The molecule has 0 spiro atoms. The second-order valence-electron chi connectivity index (χ2n) is 5.85. The van der Waals surface area contributed by atoms with Gasteiger partial charge in [0.05, 0.1) is 26.5 Å². The first-order valence-electron chi connectivity index (χ1n) is 8.02. The van der Waals surface area contributed by atoms with Gasteiger partial charge in [-0.2, -0.15) is 0 Å². The van der Waals surface area contributed by atoms with E-state index in [1.165, 1.54) is 0 Å². The Balaban J connectivity index is 1.88. The van der Waals surface area contributed by atoms with Gasteiger partial charge in [0.2, 0.25) is 5.91 Å². The number of ether oxygens (including phenoxy) is 2. The van der Waals surface area contributed by atoms with E-state index in [1.54, 1.807) is 43.4 Å². The Morgan fingerprint density at radius 1 is 1.12 bits per heavy atom. The summed E-state index contributed by atoms with van der Waals surface area (Å²) in [5.41, 5.74) is 3.20. The number of nitrogens with one attached hydrogen (secondary N) is 1. The number of amides is 1. The van der Waals surface area contributed by atoms with E-state index in [0.29, 0.717) is 36.6 Å². The van der Waals surface area contributed by atoms with Gasteiger partial charge >= 0.3 is 0 Å². The fourth-order valence-electron chi connectivity index (χ4n) is 3.00. The Morgan fingerprint density at radius 3 is 2.38 bits per heavy atom. The van der Waals surface area contributed by atoms with E-state index in [1.807, 2.05) is 12.1 Å². The molecule has 7 nitrogen and oxygen atoms in total. The number of nitrogens with zero attached hydrogens (tertiary/aromatic N) is 1. The van der Waals surface area contributed by atoms with Gasteiger partial charge in [-0.1, -0.05) is 12.1 Å². The molecule has 1 aliphatic rings. The first kappa shape index (κ1) is 18.2. The number of rotatable bonds is 6. The van der Waals surface area contributed by atoms with Crippen LogP contribution < -0.4 is 19.1 Å². The van der Waals surface area contributed by atoms with E-state index < -0.39 is 11.3 Å². The van der Waals surface area contributed by atoms with E-state index in [4.69, 9.17) is 9.47 Å². The molecular weight excluding hydrogens is 356 g/mol. The molecule has 3 rings (SSSR count). The van der Waals surface area contributed by atoms with Crippen molar-refractivity contribution < 1.29 is 23.0 Å². The lowest BCUT2D eigenvalue weighted by molar-refractivity contribution is -0.119. The van der Waals surface area contributed by atoms with Gasteiger partial charge in [0.15, 0.2) is 11.5 Å². The second-order valence-corrected chi connectivity index (χ2v) is 6.52. The molecule has 0 radical (unpaired) electrons. The maximum atomic E-state index is 12.5. The molecule has 0 saturated heterocycles. The van der Waals surface area contributed by atoms with Crippen LogP contribution in [0.3, 0.4) is 0 Å². The Bertz CT molecular complexity index is 838. The van der Waals surface area contributed by atoms with E-state index >= 15 is 0 Å². The van der Waals surface area contributed by atoms with Crippen LogP contribution in [0.4, 0.5) is 11.4 Å². The van der Waals surface area contributed by atoms with Crippen LogP contribution in [0.1, 0.15) is 17.5 Å². The molecule has 1 N–H and O–H groups in total. The Hall–Kier alpha value is -2.58. The lowest BCUT2D eigenvalue weighted by Gasteiger charge is -2.30. The minimum absolute atomic E-state index is 0.0348. The van der Waals surface area contributed by atoms with Gasteiger partial charge in [-0.25, -0.2) is 0 Å². The summed E-state index contributed by atoms with van der Waals surface area (Å²) in [5.74, 6) is 1.25. The minimum Gasteiger partial charge on any atom is -0.755 e. The summed E-state index contributed by atoms with van der Waals surface area (Å²) in [6, 6.07) is 10.6. The summed E-state index contributed by atoms with van der Waals surface area (Å²) in [6.07, 6.45) is 1.08.